The fourth-order valence-corrected chi connectivity index (χ4v) is 4.28. The number of aromatic nitrogens is 1. The number of nitrogens with one attached hydrogen (secondary N) is 3. The molecule has 1 unspecified atom stereocenters. The van der Waals surface area contributed by atoms with E-state index in [9.17, 15) is 18.4 Å². The molecule has 38 heavy (non-hydrogen) atoms. The number of ketones is 1. The standard InChI is InChI=1S/C27H20ClF2N5O3/c1-13-23(25(37)32-21-11-15(14(2)36)7-9-19(21)30)24(17-5-3-4-6-18(17)28)34-26(31-13)35-27-33-20-10-8-16(29)12-22(20)38-27/h3-12,24H,1-2H3,(H,32,37)(H2,31,33,34,35). The number of carbonyl (C=O) groups excluding carboxylic acids is 2. The second kappa shape index (κ2) is 10.1. The van der Waals surface area contributed by atoms with Gasteiger partial charge in [0.2, 0.25) is 5.96 Å². The molecule has 3 aromatic carbocycles. The molecule has 192 valence electrons. The van der Waals surface area contributed by atoms with Gasteiger partial charge in [-0.25, -0.2) is 13.8 Å². The van der Waals surface area contributed by atoms with E-state index in [1.807, 2.05) is 0 Å². The van der Waals surface area contributed by atoms with Crippen molar-refractivity contribution in [1.82, 2.24) is 10.3 Å². The first-order chi connectivity index (χ1) is 18.2. The Balaban J connectivity index is 1.50. The SMILES string of the molecule is CC(=O)c1ccc(F)c(NC(=O)C2=C(C)NC(Nc3nc4ccc(F)cc4o3)=NC2c2ccccc2Cl)c1. The molecule has 1 amide bonds. The van der Waals surface area contributed by atoms with Crippen LogP contribution in [-0.2, 0) is 4.79 Å². The summed E-state index contributed by atoms with van der Waals surface area (Å²) in [5.74, 6) is -1.88. The van der Waals surface area contributed by atoms with Gasteiger partial charge in [0, 0.05) is 27.9 Å². The number of rotatable bonds is 5. The topological polar surface area (TPSA) is 109 Å². The average Bonchev–Trinajstić information content (AvgIpc) is 3.26. The molecular weight excluding hydrogens is 516 g/mol. The molecule has 0 aliphatic carbocycles. The lowest BCUT2D eigenvalue weighted by Gasteiger charge is -2.27. The van der Waals surface area contributed by atoms with Gasteiger partial charge in [0.15, 0.2) is 11.4 Å². The zero-order valence-corrected chi connectivity index (χ0v) is 20.9. The van der Waals surface area contributed by atoms with Crippen LogP contribution in [0.2, 0.25) is 5.02 Å². The van der Waals surface area contributed by atoms with E-state index in [2.05, 4.69) is 25.9 Å². The van der Waals surface area contributed by atoms with Crippen LogP contribution < -0.4 is 16.0 Å². The average molecular weight is 536 g/mol. The van der Waals surface area contributed by atoms with E-state index in [0.29, 0.717) is 21.8 Å². The van der Waals surface area contributed by atoms with Crippen LogP contribution in [0.15, 0.2) is 81.3 Å². The lowest BCUT2D eigenvalue weighted by atomic mass is 9.95. The van der Waals surface area contributed by atoms with Crippen LogP contribution in [0, 0.1) is 11.6 Å². The van der Waals surface area contributed by atoms with E-state index < -0.39 is 23.6 Å². The summed E-state index contributed by atoms with van der Waals surface area (Å²) in [7, 11) is 0. The summed E-state index contributed by atoms with van der Waals surface area (Å²) >= 11 is 6.46. The Labute approximate surface area is 220 Å². The van der Waals surface area contributed by atoms with E-state index in [1.165, 1.54) is 37.3 Å². The number of nitrogens with zero attached hydrogens (tertiary/aromatic N) is 2. The molecule has 11 heteroatoms. The first-order valence-electron chi connectivity index (χ1n) is 11.4. The van der Waals surface area contributed by atoms with Gasteiger partial charge in [0.25, 0.3) is 5.91 Å². The third kappa shape index (κ3) is 4.98. The molecule has 0 saturated heterocycles. The van der Waals surface area contributed by atoms with Gasteiger partial charge < -0.3 is 15.1 Å². The van der Waals surface area contributed by atoms with Crippen LogP contribution in [0.4, 0.5) is 20.5 Å². The maximum absolute atomic E-state index is 14.5. The number of aliphatic imine (C=N–C) groups is 1. The van der Waals surface area contributed by atoms with Gasteiger partial charge in [-0.2, -0.15) is 4.98 Å². The Morgan fingerprint density at radius 3 is 2.63 bits per heavy atom. The first kappa shape index (κ1) is 25.1. The Morgan fingerprint density at radius 1 is 1.08 bits per heavy atom. The van der Waals surface area contributed by atoms with Crippen LogP contribution in [0.5, 0.6) is 0 Å². The molecule has 0 bridgehead atoms. The highest BCUT2D eigenvalue weighted by molar-refractivity contribution is 6.31. The van der Waals surface area contributed by atoms with E-state index in [4.69, 9.17) is 16.0 Å². The van der Waals surface area contributed by atoms with Crippen molar-refractivity contribution in [1.29, 1.82) is 0 Å². The fraction of sp³-hybridized carbons (Fsp3) is 0.111. The zero-order valence-electron chi connectivity index (χ0n) is 20.1. The maximum Gasteiger partial charge on any atom is 0.302 e. The molecule has 1 aliphatic heterocycles. The maximum atomic E-state index is 14.5. The van der Waals surface area contributed by atoms with Crippen LogP contribution in [0.25, 0.3) is 11.1 Å². The normalized spacial score (nSPS) is 15.2. The summed E-state index contributed by atoms with van der Waals surface area (Å²) in [6.45, 7) is 3.00. The number of allylic oxidation sites excluding steroid dienone is 1. The largest absolute Gasteiger partial charge is 0.423 e. The van der Waals surface area contributed by atoms with Crippen molar-refractivity contribution in [2.75, 3.05) is 10.6 Å². The Bertz CT molecular complexity index is 1660. The number of guanidine groups is 1. The predicted octanol–water partition coefficient (Wildman–Crippen LogP) is 5.99. The lowest BCUT2D eigenvalue weighted by molar-refractivity contribution is -0.113. The number of carbonyl (C=O) groups is 2. The van der Waals surface area contributed by atoms with Crippen molar-refractivity contribution in [3.05, 3.63) is 99.7 Å². The van der Waals surface area contributed by atoms with Crippen LogP contribution in [-0.4, -0.2) is 22.6 Å². The molecule has 8 nitrogen and oxygen atoms in total. The molecule has 2 heterocycles. The molecule has 0 saturated carbocycles. The smallest absolute Gasteiger partial charge is 0.302 e. The molecule has 3 N–H and O–H groups in total. The number of oxazole rings is 1. The third-order valence-corrected chi connectivity index (χ3v) is 6.23. The summed E-state index contributed by atoms with van der Waals surface area (Å²) in [6.07, 6.45) is 0. The van der Waals surface area contributed by atoms with Crippen molar-refractivity contribution in [3.63, 3.8) is 0 Å². The van der Waals surface area contributed by atoms with Gasteiger partial charge in [-0.1, -0.05) is 29.8 Å². The molecule has 4 aromatic rings. The van der Waals surface area contributed by atoms with Crippen molar-refractivity contribution in [2.24, 2.45) is 4.99 Å². The molecular formula is C27H20ClF2N5O3. The van der Waals surface area contributed by atoms with Crippen molar-refractivity contribution in [2.45, 2.75) is 19.9 Å². The summed E-state index contributed by atoms with van der Waals surface area (Å²) in [4.78, 5) is 34.1. The van der Waals surface area contributed by atoms with Gasteiger partial charge in [-0.15, -0.1) is 0 Å². The fourth-order valence-electron chi connectivity index (χ4n) is 4.04. The first-order valence-corrected chi connectivity index (χ1v) is 11.8. The predicted molar refractivity (Wildman–Crippen MR) is 140 cm³/mol. The van der Waals surface area contributed by atoms with Crippen LogP contribution in [0.1, 0.15) is 35.8 Å². The molecule has 1 aliphatic rings. The van der Waals surface area contributed by atoms with E-state index >= 15 is 0 Å². The van der Waals surface area contributed by atoms with Crippen LogP contribution in [0.3, 0.4) is 0 Å². The van der Waals surface area contributed by atoms with Crippen molar-refractivity contribution in [3.8, 4) is 0 Å². The van der Waals surface area contributed by atoms with E-state index in [-0.39, 0.29) is 40.2 Å². The van der Waals surface area contributed by atoms with Gasteiger partial charge in [-0.3, -0.25) is 14.9 Å². The number of Topliss-reactive ketones (excluding diaryl/α,β-unsaturated/α-hetero) is 1. The highest BCUT2D eigenvalue weighted by atomic mass is 35.5. The van der Waals surface area contributed by atoms with Gasteiger partial charge >= 0.3 is 6.01 Å². The number of amides is 1. The minimum atomic E-state index is -0.895. The summed E-state index contributed by atoms with van der Waals surface area (Å²) in [6, 6.07) is 13.7. The number of anilines is 2. The monoisotopic (exact) mass is 535 g/mol. The molecule has 0 radical (unpaired) electrons. The number of hydrogen-bond acceptors (Lipinski definition) is 7. The minimum absolute atomic E-state index is 0.0542. The van der Waals surface area contributed by atoms with E-state index in [1.54, 1.807) is 31.2 Å². The zero-order chi connectivity index (χ0) is 27.0. The van der Waals surface area contributed by atoms with Crippen molar-refractivity contribution >= 4 is 52.1 Å². The van der Waals surface area contributed by atoms with E-state index in [0.717, 1.165) is 6.07 Å². The summed E-state index contributed by atoms with van der Waals surface area (Å²) in [5, 5.41) is 8.82. The molecule has 0 spiro atoms. The summed E-state index contributed by atoms with van der Waals surface area (Å²) < 4.78 is 33.6. The molecule has 0 fully saturated rings. The highest BCUT2D eigenvalue weighted by Gasteiger charge is 2.31. The number of halogens is 3. The number of fused-ring (bicyclic) bond motifs is 1. The van der Waals surface area contributed by atoms with Gasteiger partial charge in [0.1, 0.15) is 23.2 Å². The second-order valence-electron chi connectivity index (χ2n) is 8.53. The third-order valence-electron chi connectivity index (χ3n) is 5.88. The minimum Gasteiger partial charge on any atom is -0.423 e. The molecule has 1 atom stereocenters. The molecule has 1 aromatic heterocycles. The molecule has 5 rings (SSSR count). The second-order valence-corrected chi connectivity index (χ2v) is 8.93. The number of hydrogen-bond donors (Lipinski definition) is 3. The Morgan fingerprint density at radius 2 is 1.87 bits per heavy atom. The summed E-state index contributed by atoms with van der Waals surface area (Å²) in [5.41, 5.74) is 1.89. The Hall–Kier alpha value is -4.57. The lowest BCUT2D eigenvalue weighted by Crippen LogP contribution is -2.37. The number of benzene rings is 3. The quantitative estimate of drug-likeness (QED) is 0.271. The van der Waals surface area contributed by atoms with Gasteiger partial charge in [0.05, 0.1) is 11.3 Å². The van der Waals surface area contributed by atoms with Gasteiger partial charge in [-0.05, 0) is 50.2 Å². The Kier molecular flexibility index (Phi) is 6.64. The van der Waals surface area contributed by atoms with Crippen LogP contribution >= 0.6 is 11.6 Å². The van der Waals surface area contributed by atoms with Crippen molar-refractivity contribution < 1.29 is 22.8 Å². The highest BCUT2D eigenvalue weighted by Crippen LogP contribution is 2.35.